The van der Waals surface area contributed by atoms with Crippen molar-refractivity contribution in [3.63, 3.8) is 0 Å². The number of nitrogen functional groups attached to an aromatic ring is 1. The van der Waals surface area contributed by atoms with E-state index in [1.54, 1.807) is 25.3 Å². The molecule has 0 heterocycles. The number of nitrogens with two attached hydrogens (primary N) is 1. The molecule has 2 aromatic carbocycles. The number of amides is 1. The van der Waals surface area contributed by atoms with Gasteiger partial charge in [-0.05, 0) is 30.5 Å². The van der Waals surface area contributed by atoms with Gasteiger partial charge in [-0.2, -0.15) is 0 Å². The molecule has 0 aliphatic heterocycles. The summed E-state index contributed by atoms with van der Waals surface area (Å²) in [6.07, 6.45) is 1.74. The number of hydrogen-bond donors (Lipinski definition) is 2. The molecule has 3 rings (SSSR count). The van der Waals surface area contributed by atoms with Crippen LogP contribution in [0.3, 0.4) is 0 Å². The normalized spacial score (nSPS) is 15.3. The van der Waals surface area contributed by atoms with Crippen LogP contribution < -0.4 is 15.8 Å². The summed E-state index contributed by atoms with van der Waals surface area (Å²) in [6, 6.07) is 15.1. The molecule has 4 nitrogen and oxygen atoms in total. The molecule has 3 N–H and O–H groups in total. The molecular weight excluding hydrogens is 264 g/mol. The lowest BCUT2D eigenvalue weighted by atomic mass is 9.95. The molecule has 0 unspecified atom stereocenters. The lowest BCUT2D eigenvalue weighted by Gasteiger charge is -2.17. The van der Waals surface area contributed by atoms with Crippen molar-refractivity contribution < 1.29 is 9.53 Å². The van der Waals surface area contributed by atoms with E-state index in [2.05, 4.69) is 5.32 Å². The highest BCUT2D eigenvalue weighted by Crippen LogP contribution is 2.49. The monoisotopic (exact) mass is 282 g/mol. The van der Waals surface area contributed by atoms with E-state index in [4.69, 9.17) is 10.5 Å². The molecule has 108 valence electrons. The van der Waals surface area contributed by atoms with E-state index >= 15 is 0 Å². The zero-order valence-electron chi connectivity index (χ0n) is 11.9. The van der Waals surface area contributed by atoms with Crippen molar-refractivity contribution in [1.82, 2.24) is 0 Å². The van der Waals surface area contributed by atoms with Gasteiger partial charge >= 0.3 is 0 Å². The van der Waals surface area contributed by atoms with Gasteiger partial charge in [-0.3, -0.25) is 4.79 Å². The third-order valence-electron chi connectivity index (χ3n) is 4.02. The molecule has 1 saturated carbocycles. The van der Waals surface area contributed by atoms with Gasteiger partial charge in [0.2, 0.25) is 5.91 Å². The van der Waals surface area contributed by atoms with E-state index in [1.165, 1.54) is 0 Å². The fourth-order valence-corrected chi connectivity index (χ4v) is 2.54. The van der Waals surface area contributed by atoms with Crippen LogP contribution in [0.25, 0.3) is 0 Å². The van der Waals surface area contributed by atoms with Gasteiger partial charge in [-0.15, -0.1) is 0 Å². The number of carbonyl (C=O) groups is 1. The average molecular weight is 282 g/mol. The summed E-state index contributed by atoms with van der Waals surface area (Å²) in [5.41, 5.74) is 7.71. The first-order valence-electron chi connectivity index (χ1n) is 6.96. The zero-order chi connectivity index (χ0) is 14.9. The van der Waals surface area contributed by atoms with Gasteiger partial charge in [0.15, 0.2) is 0 Å². The molecule has 1 aliphatic rings. The molecule has 0 radical (unpaired) electrons. The smallest absolute Gasteiger partial charge is 0.235 e. The molecule has 0 saturated heterocycles. The van der Waals surface area contributed by atoms with Crippen LogP contribution in [0.4, 0.5) is 11.4 Å². The maximum absolute atomic E-state index is 12.6. The number of methoxy groups -OCH3 is 1. The van der Waals surface area contributed by atoms with Gasteiger partial charge < -0.3 is 15.8 Å². The molecule has 0 bridgehead atoms. The van der Waals surface area contributed by atoms with Gasteiger partial charge in [0.1, 0.15) is 5.75 Å². The maximum atomic E-state index is 12.6. The maximum Gasteiger partial charge on any atom is 0.235 e. The highest BCUT2D eigenvalue weighted by molar-refractivity contribution is 6.03. The van der Waals surface area contributed by atoms with E-state index in [0.29, 0.717) is 17.1 Å². The Morgan fingerprint density at radius 1 is 1.19 bits per heavy atom. The van der Waals surface area contributed by atoms with Crippen molar-refractivity contribution in [2.75, 3.05) is 18.2 Å². The van der Waals surface area contributed by atoms with Gasteiger partial charge in [-0.25, -0.2) is 0 Å². The van der Waals surface area contributed by atoms with E-state index in [-0.39, 0.29) is 5.91 Å². The van der Waals surface area contributed by atoms with E-state index in [0.717, 1.165) is 18.4 Å². The number of hydrogen-bond acceptors (Lipinski definition) is 3. The molecular formula is C17H18N2O2. The van der Waals surface area contributed by atoms with Crippen LogP contribution in [0.2, 0.25) is 0 Å². The minimum atomic E-state index is -0.406. The SMILES string of the molecule is COc1ccc(N)c(NC(=O)C2(c3ccccc3)CC2)c1. The number of nitrogens with one attached hydrogen (secondary N) is 1. The van der Waals surface area contributed by atoms with Crippen LogP contribution in [0.5, 0.6) is 5.75 Å². The first kappa shape index (κ1) is 13.5. The third-order valence-corrected chi connectivity index (χ3v) is 4.02. The Kier molecular flexibility index (Phi) is 3.29. The minimum absolute atomic E-state index is 0.00588. The minimum Gasteiger partial charge on any atom is -0.497 e. The predicted octanol–water partition coefficient (Wildman–Crippen LogP) is 2.95. The average Bonchev–Trinajstić information content (AvgIpc) is 3.32. The Bertz CT molecular complexity index is 664. The van der Waals surface area contributed by atoms with Crippen LogP contribution in [-0.2, 0) is 10.2 Å². The molecule has 0 spiro atoms. The summed E-state index contributed by atoms with van der Waals surface area (Å²) in [5, 5.41) is 2.94. The fraction of sp³-hybridized carbons (Fsp3) is 0.235. The summed E-state index contributed by atoms with van der Waals surface area (Å²) >= 11 is 0. The molecule has 0 atom stereocenters. The van der Waals surface area contributed by atoms with Crippen molar-refractivity contribution in [2.45, 2.75) is 18.3 Å². The van der Waals surface area contributed by atoms with E-state index < -0.39 is 5.41 Å². The zero-order valence-corrected chi connectivity index (χ0v) is 11.9. The molecule has 0 aromatic heterocycles. The third kappa shape index (κ3) is 2.44. The predicted molar refractivity (Wildman–Crippen MR) is 83.4 cm³/mol. The second-order valence-corrected chi connectivity index (χ2v) is 5.36. The second-order valence-electron chi connectivity index (χ2n) is 5.36. The molecule has 21 heavy (non-hydrogen) atoms. The topological polar surface area (TPSA) is 64.3 Å². The molecule has 4 heteroatoms. The van der Waals surface area contributed by atoms with Crippen molar-refractivity contribution in [2.24, 2.45) is 0 Å². The Morgan fingerprint density at radius 3 is 2.52 bits per heavy atom. The molecule has 1 aliphatic carbocycles. The lowest BCUT2D eigenvalue weighted by Crippen LogP contribution is -2.28. The van der Waals surface area contributed by atoms with Crippen molar-refractivity contribution in [3.8, 4) is 5.75 Å². The van der Waals surface area contributed by atoms with Crippen LogP contribution in [-0.4, -0.2) is 13.0 Å². The van der Waals surface area contributed by atoms with Gasteiger partial charge in [0.05, 0.1) is 23.9 Å². The van der Waals surface area contributed by atoms with Crippen LogP contribution in [0, 0.1) is 0 Å². The van der Waals surface area contributed by atoms with Crippen LogP contribution >= 0.6 is 0 Å². The number of rotatable bonds is 4. The highest BCUT2D eigenvalue weighted by Gasteiger charge is 2.51. The fourth-order valence-electron chi connectivity index (χ4n) is 2.54. The Hall–Kier alpha value is -2.49. The van der Waals surface area contributed by atoms with Crippen molar-refractivity contribution in [1.29, 1.82) is 0 Å². The second kappa shape index (κ2) is 5.13. The van der Waals surface area contributed by atoms with Crippen molar-refractivity contribution >= 4 is 17.3 Å². The van der Waals surface area contributed by atoms with Crippen molar-refractivity contribution in [3.05, 3.63) is 54.1 Å². The van der Waals surface area contributed by atoms with Gasteiger partial charge in [-0.1, -0.05) is 30.3 Å². The Balaban J connectivity index is 1.84. The number of anilines is 2. The quantitative estimate of drug-likeness (QED) is 0.847. The number of carbonyl (C=O) groups excluding carboxylic acids is 1. The summed E-state index contributed by atoms with van der Waals surface area (Å²) < 4.78 is 5.17. The summed E-state index contributed by atoms with van der Waals surface area (Å²) in [5.74, 6) is 0.665. The standard InChI is InChI=1S/C17H18N2O2/c1-21-13-7-8-14(18)15(11-13)19-16(20)17(9-10-17)12-5-3-2-4-6-12/h2-8,11H,9-10,18H2,1H3,(H,19,20). The highest BCUT2D eigenvalue weighted by atomic mass is 16.5. The first-order chi connectivity index (χ1) is 10.2. The number of benzene rings is 2. The Morgan fingerprint density at radius 2 is 1.90 bits per heavy atom. The Labute approximate surface area is 123 Å². The van der Waals surface area contributed by atoms with Gasteiger partial charge in [0, 0.05) is 6.07 Å². The largest absolute Gasteiger partial charge is 0.497 e. The summed E-state index contributed by atoms with van der Waals surface area (Å²) in [4.78, 5) is 12.6. The molecule has 2 aromatic rings. The number of ether oxygens (including phenoxy) is 1. The van der Waals surface area contributed by atoms with Gasteiger partial charge in [0.25, 0.3) is 0 Å². The van der Waals surface area contributed by atoms with E-state index in [1.807, 2.05) is 30.3 Å². The lowest BCUT2D eigenvalue weighted by molar-refractivity contribution is -0.118. The molecule has 1 fully saturated rings. The van der Waals surface area contributed by atoms with Crippen LogP contribution in [0.1, 0.15) is 18.4 Å². The molecule has 1 amide bonds. The van der Waals surface area contributed by atoms with E-state index in [9.17, 15) is 4.79 Å². The first-order valence-corrected chi connectivity index (χ1v) is 6.96. The summed E-state index contributed by atoms with van der Waals surface area (Å²) in [7, 11) is 1.59. The van der Waals surface area contributed by atoms with Crippen LogP contribution in [0.15, 0.2) is 48.5 Å². The summed E-state index contributed by atoms with van der Waals surface area (Å²) in [6.45, 7) is 0.